The second-order valence-corrected chi connectivity index (χ2v) is 5.10. The van der Waals surface area contributed by atoms with Crippen LogP contribution in [0.1, 0.15) is 47.0 Å². The van der Waals surface area contributed by atoms with Crippen LogP contribution in [-0.2, 0) is 9.53 Å². The average Bonchev–Trinajstić information content (AvgIpc) is 2.47. The monoisotopic (exact) mass is 294 g/mol. The van der Waals surface area contributed by atoms with Crippen LogP contribution in [0, 0.1) is 0 Å². The Morgan fingerprint density at radius 2 is 2.05 bits per heavy atom. The van der Waals surface area contributed by atoms with Crippen LogP contribution >= 0.6 is 0 Å². The van der Waals surface area contributed by atoms with Gasteiger partial charge in [-0.1, -0.05) is 20.3 Å². The Labute approximate surface area is 127 Å². The fourth-order valence-electron chi connectivity index (χ4n) is 2.01. The Hall–Kier alpha value is -1.62. The van der Waals surface area contributed by atoms with Crippen molar-refractivity contribution in [3.63, 3.8) is 0 Å². The van der Waals surface area contributed by atoms with E-state index in [9.17, 15) is 4.79 Å². The van der Waals surface area contributed by atoms with Gasteiger partial charge in [0.15, 0.2) is 0 Å². The minimum atomic E-state index is -0.802. The van der Waals surface area contributed by atoms with Crippen molar-refractivity contribution in [3.8, 4) is 5.88 Å². The number of carbonyl (C=O) groups excluding carboxylic acids is 1. The Bertz CT molecular complexity index is 434. The maximum absolute atomic E-state index is 12.4. The highest BCUT2D eigenvalue weighted by Crippen LogP contribution is 2.21. The Morgan fingerprint density at radius 3 is 2.57 bits per heavy atom. The van der Waals surface area contributed by atoms with E-state index in [1.165, 1.54) is 0 Å². The summed E-state index contributed by atoms with van der Waals surface area (Å²) < 4.78 is 11.0. The van der Waals surface area contributed by atoms with E-state index in [1.807, 2.05) is 27.7 Å². The molecule has 1 amide bonds. The molecule has 1 rings (SSSR count). The number of hydrogen-bond donors (Lipinski definition) is 1. The summed E-state index contributed by atoms with van der Waals surface area (Å²) in [5.74, 6) is 0.415. The summed E-state index contributed by atoms with van der Waals surface area (Å²) in [5, 5.41) is 2.86. The number of hydrogen-bond acceptors (Lipinski definition) is 4. The summed E-state index contributed by atoms with van der Waals surface area (Å²) in [6.07, 6.45) is 4.05. The predicted molar refractivity (Wildman–Crippen MR) is 83.6 cm³/mol. The van der Waals surface area contributed by atoms with Crippen molar-refractivity contribution in [1.29, 1.82) is 0 Å². The molecule has 0 saturated heterocycles. The van der Waals surface area contributed by atoms with Crippen molar-refractivity contribution >= 4 is 11.6 Å². The molecule has 0 aliphatic carbocycles. The van der Waals surface area contributed by atoms with E-state index in [4.69, 9.17) is 9.47 Å². The highest BCUT2D eigenvalue weighted by Gasteiger charge is 2.33. The van der Waals surface area contributed by atoms with E-state index in [2.05, 4.69) is 10.3 Å². The maximum Gasteiger partial charge on any atom is 0.256 e. The fourth-order valence-corrected chi connectivity index (χ4v) is 2.01. The van der Waals surface area contributed by atoms with Gasteiger partial charge in [-0.15, -0.1) is 0 Å². The van der Waals surface area contributed by atoms with Gasteiger partial charge in [0.1, 0.15) is 5.60 Å². The molecule has 5 nitrogen and oxygen atoms in total. The van der Waals surface area contributed by atoms with E-state index in [0.717, 1.165) is 12.8 Å². The van der Waals surface area contributed by atoms with Crippen molar-refractivity contribution in [2.45, 2.75) is 52.6 Å². The molecule has 0 aromatic carbocycles. The molecule has 5 heteroatoms. The summed E-state index contributed by atoms with van der Waals surface area (Å²) in [4.78, 5) is 16.6. The first-order chi connectivity index (χ1) is 10.1. The normalized spacial score (nSPS) is 13.5. The first-order valence-electron chi connectivity index (χ1n) is 7.60. The number of aromatic nitrogens is 1. The van der Waals surface area contributed by atoms with Crippen LogP contribution in [0.15, 0.2) is 18.3 Å². The SMILES string of the molecule is CCCO[C@@](C)(CCC)C(=O)Nc1ccc(OCC)nc1. The molecular weight excluding hydrogens is 268 g/mol. The molecule has 0 saturated carbocycles. The van der Waals surface area contributed by atoms with Crippen LogP contribution in [0.4, 0.5) is 5.69 Å². The second kappa shape index (κ2) is 8.62. The van der Waals surface area contributed by atoms with Gasteiger partial charge in [0.05, 0.1) is 18.5 Å². The van der Waals surface area contributed by atoms with E-state index in [-0.39, 0.29) is 5.91 Å². The van der Waals surface area contributed by atoms with Crippen LogP contribution in [0.3, 0.4) is 0 Å². The third-order valence-electron chi connectivity index (χ3n) is 3.12. The number of anilines is 1. The van der Waals surface area contributed by atoms with Crippen molar-refractivity contribution in [1.82, 2.24) is 4.98 Å². The first kappa shape index (κ1) is 17.4. The van der Waals surface area contributed by atoms with Crippen molar-refractivity contribution in [3.05, 3.63) is 18.3 Å². The lowest BCUT2D eigenvalue weighted by Crippen LogP contribution is -2.43. The fraction of sp³-hybridized carbons (Fsp3) is 0.625. The lowest BCUT2D eigenvalue weighted by Gasteiger charge is -2.28. The molecule has 1 heterocycles. The van der Waals surface area contributed by atoms with Gasteiger partial charge in [0, 0.05) is 12.7 Å². The van der Waals surface area contributed by atoms with Crippen LogP contribution in [0.5, 0.6) is 5.88 Å². The molecule has 1 aromatic heterocycles. The van der Waals surface area contributed by atoms with Crippen LogP contribution in [0.2, 0.25) is 0 Å². The topological polar surface area (TPSA) is 60.5 Å². The standard InChI is InChI=1S/C16H26N2O3/c1-5-10-16(4,21-11-6-2)15(19)18-13-8-9-14(17-12-13)20-7-3/h8-9,12H,5-7,10-11H2,1-4H3,(H,18,19)/t16-/m0/s1. The second-order valence-electron chi connectivity index (χ2n) is 5.10. The molecular formula is C16H26N2O3. The summed E-state index contributed by atoms with van der Waals surface area (Å²) in [5.41, 5.74) is -0.158. The van der Waals surface area contributed by atoms with Crippen molar-refractivity contribution in [2.75, 3.05) is 18.5 Å². The smallest absolute Gasteiger partial charge is 0.256 e. The molecule has 0 spiro atoms. The number of nitrogens with one attached hydrogen (secondary N) is 1. The van der Waals surface area contributed by atoms with Gasteiger partial charge < -0.3 is 14.8 Å². The van der Waals surface area contributed by atoms with Crippen molar-refractivity contribution < 1.29 is 14.3 Å². The molecule has 118 valence electrons. The lowest BCUT2D eigenvalue weighted by atomic mass is 9.99. The van der Waals surface area contributed by atoms with Gasteiger partial charge in [-0.05, 0) is 32.8 Å². The van der Waals surface area contributed by atoms with Gasteiger partial charge in [-0.25, -0.2) is 4.98 Å². The number of amides is 1. The number of pyridine rings is 1. The third-order valence-corrected chi connectivity index (χ3v) is 3.12. The molecule has 1 aromatic rings. The molecule has 1 N–H and O–H groups in total. The Morgan fingerprint density at radius 1 is 1.29 bits per heavy atom. The number of nitrogens with zero attached hydrogens (tertiary/aromatic N) is 1. The molecule has 0 fully saturated rings. The predicted octanol–water partition coefficient (Wildman–Crippen LogP) is 3.40. The zero-order valence-electron chi connectivity index (χ0n) is 13.4. The lowest BCUT2D eigenvalue weighted by molar-refractivity contribution is -0.140. The van der Waals surface area contributed by atoms with E-state index in [1.54, 1.807) is 18.3 Å². The number of rotatable bonds is 9. The maximum atomic E-state index is 12.4. The molecule has 0 radical (unpaired) electrons. The summed E-state index contributed by atoms with van der Waals surface area (Å²) in [6, 6.07) is 3.52. The van der Waals surface area contributed by atoms with E-state index >= 15 is 0 Å². The van der Waals surface area contributed by atoms with Crippen molar-refractivity contribution in [2.24, 2.45) is 0 Å². The molecule has 1 atom stereocenters. The van der Waals surface area contributed by atoms with E-state index < -0.39 is 5.60 Å². The van der Waals surface area contributed by atoms with Crippen LogP contribution in [0.25, 0.3) is 0 Å². The van der Waals surface area contributed by atoms with Gasteiger partial charge >= 0.3 is 0 Å². The van der Waals surface area contributed by atoms with E-state index in [0.29, 0.717) is 31.2 Å². The highest BCUT2D eigenvalue weighted by molar-refractivity contribution is 5.96. The van der Waals surface area contributed by atoms with Crippen LogP contribution < -0.4 is 10.1 Å². The van der Waals surface area contributed by atoms with Gasteiger partial charge in [-0.3, -0.25) is 4.79 Å². The zero-order valence-corrected chi connectivity index (χ0v) is 13.4. The summed E-state index contributed by atoms with van der Waals surface area (Å²) in [6.45, 7) is 8.95. The highest BCUT2D eigenvalue weighted by atomic mass is 16.5. The van der Waals surface area contributed by atoms with Gasteiger partial charge in [0.2, 0.25) is 5.88 Å². The first-order valence-corrected chi connectivity index (χ1v) is 7.60. The molecule has 0 bridgehead atoms. The summed E-state index contributed by atoms with van der Waals surface area (Å²) >= 11 is 0. The minimum absolute atomic E-state index is 0.135. The largest absolute Gasteiger partial charge is 0.478 e. The molecule has 21 heavy (non-hydrogen) atoms. The van der Waals surface area contributed by atoms with Crippen LogP contribution in [-0.4, -0.2) is 29.7 Å². The Kier molecular flexibility index (Phi) is 7.15. The third kappa shape index (κ3) is 5.34. The average molecular weight is 294 g/mol. The number of ether oxygens (including phenoxy) is 2. The minimum Gasteiger partial charge on any atom is -0.478 e. The molecule has 0 aliphatic rings. The van der Waals surface area contributed by atoms with Gasteiger partial charge in [-0.2, -0.15) is 0 Å². The zero-order chi connectivity index (χ0) is 15.7. The van der Waals surface area contributed by atoms with Gasteiger partial charge in [0.25, 0.3) is 5.91 Å². The Balaban J connectivity index is 2.71. The molecule has 0 unspecified atom stereocenters. The quantitative estimate of drug-likeness (QED) is 0.758. The number of carbonyl (C=O) groups is 1. The molecule has 0 aliphatic heterocycles. The summed E-state index contributed by atoms with van der Waals surface area (Å²) in [7, 11) is 0.